The second-order valence-corrected chi connectivity index (χ2v) is 7.15. The number of likely N-dealkylation sites (tertiary alicyclic amines) is 1. The molecule has 0 spiro atoms. The Morgan fingerprint density at radius 2 is 1.74 bits per heavy atom. The molecule has 2 amide bonds. The zero-order valence-corrected chi connectivity index (χ0v) is 14.8. The van der Waals surface area contributed by atoms with E-state index in [0.717, 1.165) is 25.9 Å². The number of amides is 2. The molecule has 0 radical (unpaired) electrons. The molecule has 1 heterocycles. The van der Waals surface area contributed by atoms with Crippen LogP contribution in [0.2, 0.25) is 5.02 Å². The van der Waals surface area contributed by atoms with Crippen molar-refractivity contribution >= 4 is 23.4 Å². The summed E-state index contributed by atoms with van der Waals surface area (Å²) < 4.78 is 0. The third-order valence-corrected chi connectivity index (χ3v) is 4.67. The molecule has 0 aromatic heterocycles. The van der Waals surface area contributed by atoms with Gasteiger partial charge in [0.05, 0.1) is 0 Å². The molecule has 1 atom stereocenters. The van der Waals surface area contributed by atoms with Crippen LogP contribution >= 0.6 is 11.6 Å². The van der Waals surface area contributed by atoms with Crippen molar-refractivity contribution in [2.75, 3.05) is 13.1 Å². The first kappa shape index (κ1) is 17.8. The molecule has 0 saturated carbocycles. The highest BCUT2D eigenvalue weighted by Crippen LogP contribution is 2.18. The van der Waals surface area contributed by atoms with Crippen LogP contribution in [0, 0.1) is 11.8 Å². The quantitative estimate of drug-likeness (QED) is 0.916. The summed E-state index contributed by atoms with van der Waals surface area (Å²) in [6.07, 6.45) is 2.06. The lowest BCUT2D eigenvalue weighted by Gasteiger charge is -2.34. The van der Waals surface area contributed by atoms with Gasteiger partial charge in [0, 0.05) is 23.7 Å². The minimum atomic E-state index is -0.494. The van der Waals surface area contributed by atoms with Crippen molar-refractivity contribution in [2.45, 2.75) is 39.7 Å². The lowest BCUT2D eigenvalue weighted by Crippen LogP contribution is -2.52. The predicted octanol–water partition coefficient (Wildman–Crippen LogP) is 3.35. The molecule has 1 aliphatic rings. The van der Waals surface area contributed by atoms with E-state index in [0.29, 0.717) is 16.5 Å². The van der Waals surface area contributed by atoms with Crippen molar-refractivity contribution in [3.05, 3.63) is 34.9 Å². The summed E-state index contributed by atoms with van der Waals surface area (Å²) in [4.78, 5) is 27.0. The minimum Gasteiger partial charge on any atom is -0.341 e. The van der Waals surface area contributed by atoms with Crippen LogP contribution in [-0.4, -0.2) is 35.8 Å². The summed E-state index contributed by atoms with van der Waals surface area (Å²) in [6, 6.07) is 6.19. The summed E-state index contributed by atoms with van der Waals surface area (Å²) in [5.41, 5.74) is 0.514. The maximum atomic E-state index is 12.8. The molecule has 1 saturated heterocycles. The maximum absolute atomic E-state index is 12.8. The highest BCUT2D eigenvalue weighted by molar-refractivity contribution is 6.30. The van der Waals surface area contributed by atoms with E-state index in [1.807, 2.05) is 18.7 Å². The molecule has 126 valence electrons. The van der Waals surface area contributed by atoms with Gasteiger partial charge in [-0.2, -0.15) is 0 Å². The summed E-state index contributed by atoms with van der Waals surface area (Å²) >= 11 is 5.84. The molecule has 0 unspecified atom stereocenters. The summed E-state index contributed by atoms with van der Waals surface area (Å²) in [5, 5.41) is 3.47. The van der Waals surface area contributed by atoms with Crippen molar-refractivity contribution in [3.8, 4) is 0 Å². The monoisotopic (exact) mass is 336 g/mol. The number of hydrogen-bond donors (Lipinski definition) is 1. The van der Waals surface area contributed by atoms with Crippen molar-refractivity contribution in [3.63, 3.8) is 0 Å². The van der Waals surface area contributed by atoms with Crippen LogP contribution in [0.1, 0.15) is 44.0 Å². The Balaban J connectivity index is 2.04. The molecule has 1 aliphatic heterocycles. The van der Waals surface area contributed by atoms with Crippen LogP contribution < -0.4 is 5.32 Å². The number of nitrogens with zero attached hydrogens (tertiary/aromatic N) is 1. The van der Waals surface area contributed by atoms with Gasteiger partial charge in [-0.1, -0.05) is 32.4 Å². The van der Waals surface area contributed by atoms with E-state index in [4.69, 9.17) is 11.6 Å². The van der Waals surface area contributed by atoms with Gasteiger partial charge in [0.25, 0.3) is 5.91 Å². The first-order valence-corrected chi connectivity index (χ1v) is 8.61. The van der Waals surface area contributed by atoms with Gasteiger partial charge in [-0.3, -0.25) is 9.59 Å². The molecule has 1 aromatic rings. The van der Waals surface area contributed by atoms with Gasteiger partial charge in [0.15, 0.2) is 0 Å². The highest BCUT2D eigenvalue weighted by Gasteiger charge is 2.30. The van der Waals surface area contributed by atoms with E-state index in [1.54, 1.807) is 24.3 Å². The van der Waals surface area contributed by atoms with Crippen LogP contribution in [0.4, 0.5) is 0 Å². The second-order valence-electron chi connectivity index (χ2n) is 6.71. The van der Waals surface area contributed by atoms with Gasteiger partial charge < -0.3 is 10.2 Å². The average molecular weight is 337 g/mol. The zero-order chi connectivity index (χ0) is 17.0. The number of rotatable bonds is 4. The van der Waals surface area contributed by atoms with Gasteiger partial charge in [-0.25, -0.2) is 0 Å². The van der Waals surface area contributed by atoms with Crippen molar-refractivity contribution < 1.29 is 9.59 Å². The van der Waals surface area contributed by atoms with Crippen LogP contribution in [0.3, 0.4) is 0 Å². The third kappa shape index (κ3) is 4.71. The highest BCUT2D eigenvalue weighted by atomic mass is 35.5. The first-order chi connectivity index (χ1) is 10.9. The molecule has 4 nitrogen and oxygen atoms in total. The topological polar surface area (TPSA) is 49.4 Å². The van der Waals surface area contributed by atoms with Gasteiger partial charge >= 0.3 is 0 Å². The molecular weight excluding hydrogens is 312 g/mol. The zero-order valence-electron chi connectivity index (χ0n) is 14.0. The normalized spacial score (nSPS) is 17.2. The fraction of sp³-hybridized carbons (Fsp3) is 0.556. The average Bonchev–Trinajstić information content (AvgIpc) is 2.53. The Kier molecular flexibility index (Phi) is 6.05. The molecule has 0 bridgehead atoms. The van der Waals surface area contributed by atoms with Crippen molar-refractivity contribution in [2.24, 2.45) is 11.8 Å². The van der Waals surface area contributed by atoms with Gasteiger partial charge in [0.1, 0.15) is 6.04 Å². The summed E-state index contributed by atoms with van der Waals surface area (Å²) in [7, 11) is 0. The number of carbonyl (C=O) groups is 2. The Morgan fingerprint density at radius 3 is 2.26 bits per heavy atom. The van der Waals surface area contributed by atoms with Gasteiger partial charge in [0.2, 0.25) is 5.91 Å². The second kappa shape index (κ2) is 7.82. The molecular formula is C18H25ClN2O2. The Labute approximate surface area is 143 Å². The maximum Gasteiger partial charge on any atom is 0.251 e. The Hall–Kier alpha value is -1.55. The van der Waals surface area contributed by atoms with Crippen LogP contribution in [0.5, 0.6) is 0 Å². The van der Waals surface area contributed by atoms with E-state index in [2.05, 4.69) is 12.2 Å². The van der Waals surface area contributed by atoms with Crippen molar-refractivity contribution in [1.82, 2.24) is 10.2 Å². The number of benzene rings is 1. The summed E-state index contributed by atoms with van der Waals surface area (Å²) in [5.74, 6) is 0.492. The van der Waals surface area contributed by atoms with Crippen molar-refractivity contribution in [1.29, 1.82) is 0 Å². The minimum absolute atomic E-state index is 0.0224. The molecule has 1 fully saturated rings. The Morgan fingerprint density at radius 1 is 1.17 bits per heavy atom. The molecule has 5 heteroatoms. The van der Waals surface area contributed by atoms with E-state index in [-0.39, 0.29) is 17.7 Å². The van der Waals surface area contributed by atoms with Crippen LogP contribution in [0.15, 0.2) is 24.3 Å². The number of halogens is 1. The van der Waals surface area contributed by atoms with Gasteiger partial charge in [-0.05, 0) is 48.9 Å². The fourth-order valence-electron chi connectivity index (χ4n) is 2.77. The van der Waals surface area contributed by atoms with Crippen LogP contribution in [-0.2, 0) is 4.79 Å². The molecule has 0 aliphatic carbocycles. The van der Waals surface area contributed by atoms with E-state index < -0.39 is 6.04 Å². The molecule has 2 rings (SSSR count). The molecule has 23 heavy (non-hydrogen) atoms. The number of hydrogen-bond acceptors (Lipinski definition) is 2. The smallest absolute Gasteiger partial charge is 0.251 e. The van der Waals surface area contributed by atoms with Gasteiger partial charge in [-0.15, -0.1) is 0 Å². The third-order valence-electron chi connectivity index (χ3n) is 4.42. The number of nitrogens with one attached hydrogen (secondary N) is 1. The lowest BCUT2D eigenvalue weighted by molar-refractivity contribution is -0.135. The summed E-state index contributed by atoms with van der Waals surface area (Å²) in [6.45, 7) is 7.68. The van der Waals surface area contributed by atoms with E-state index in [1.165, 1.54) is 0 Å². The van der Waals surface area contributed by atoms with Crippen LogP contribution in [0.25, 0.3) is 0 Å². The molecule has 1 N–H and O–H groups in total. The predicted molar refractivity (Wildman–Crippen MR) is 92.5 cm³/mol. The molecule has 1 aromatic carbocycles. The first-order valence-electron chi connectivity index (χ1n) is 8.23. The lowest BCUT2D eigenvalue weighted by atomic mass is 9.96. The largest absolute Gasteiger partial charge is 0.341 e. The number of carbonyl (C=O) groups excluding carboxylic acids is 2. The SMILES string of the molecule is CC1CCN(C(=O)[C@H](NC(=O)c2ccc(Cl)cc2)C(C)C)CC1. The van der Waals surface area contributed by atoms with E-state index in [9.17, 15) is 9.59 Å². The standard InChI is InChI=1S/C18H25ClN2O2/c1-12(2)16(18(23)21-10-8-13(3)9-11-21)20-17(22)14-4-6-15(19)7-5-14/h4-7,12-13,16H,8-11H2,1-3H3,(H,20,22)/t16-/m1/s1. The van der Waals surface area contributed by atoms with E-state index >= 15 is 0 Å². The number of piperidine rings is 1. The Bertz CT molecular complexity index is 549. The fourth-order valence-corrected chi connectivity index (χ4v) is 2.89.